The Bertz CT molecular complexity index is 1380. The molecule has 3 N–H and O–H groups in total. The molecule has 4 rings (SSSR count). The highest BCUT2D eigenvalue weighted by molar-refractivity contribution is 6.30. The number of benzene rings is 4. The number of rotatable bonds is 13. The van der Waals surface area contributed by atoms with Crippen LogP contribution in [0.15, 0.2) is 97.1 Å². The fourth-order valence-electron chi connectivity index (χ4n) is 4.05. The van der Waals surface area contributed by atoms with E-state index in [2.05, 4.69) is 4.90 Å². The summed E-state index contributed by atoms with van der Waals surface area (Å²) in [6.07, 6.45) is 0.260. The summed E-state index contributed by atoms with van der Waals surface area (Å²) in [6, 6.07) is 27.7. The number of hydrogen-bond acceptors (Lipinski definition) is 5. The van der Waals surface area contributed by atoms with E-state index < -0.39 is 12.0 Å². The number of aliphatic carboxylic acids is 1. The minimum absolute atomic E-state index is 0.260. The minimum Gasteiger partial charge on any atom is -0.489 e. The molecule has 0 fully saturated rings. The maximum atomic E-state index is 13.7. The van der Waals surface area contributed by atoms with Gasteiger partial charge in [-0.15, -0.1) is 0 Å². The molecular weight excluding hydrogens is 519 g/mol. The number of ether oxygens (including phenoxy) is 2. The fourth-order valence-corrected chi connectivity index (χ4v) is 4.18. The lowest BCUT2D eigenvalue weighted by Crippen LogP contribution is -2.35. The van der Waals surface area contributed by atoms with E-state index in [1.165, 1.54) is 12.1 Å². The molecule has 0 aliphatic carbocycles. The number of halogens is 2. The first kappa shape index (κ1) is 28.1. The third-order valence-corrected chi connectivity index (χ3v) is 6.39. The van der Waals surface area contributed by atoms with Crippen LogP contribution in [0.25, 0.3) is 0 Å². The molecule has 0 radical (unpaired) electrons. The molecular formula is C31H30ClFN2O4. The van der Waals surface area contributed by atoms with Crippen LogP contribution >= 0.6 is 11.6 Å². The highest BCUT2D eigenvalue weighted by atomic mass is 35.5. The Kier molecular flexibility index (Phi) is 9.91. The van der Waals surface area contributed by atoms with Crippen LogP contribution in [-0.4, -0.2) is 28.6 Å². The lowest BCUT2D eigenvalue weighted by molar-refractivity contribution is -0.138. The molecule has 4 aromatic carbocycles. The molecule has 0 bridgehead atoms. The monoisotopic (exact) mass is 548 g/mol. The van der Waals surface area contributed by atoms with Crippen molar-refractivity contribution in [3.63, 3.8) is 0 Å². The lowest BCUT2D eigenvalue weighted by atomic mass is 10.1. The topological polar surface area (TPSA) is 85.0 Å². The summed E-state index contributed by atoms with van der Waals surface area (Å²) < 4.78 is 25.9. The summed E-state index contributed by atoms with van der Waals surface area (Å²) in [5, 5.41) is 9.99. The Morgan fingerprint density at radius 1 is 0.897 bits per heavy atom. The molecule has 0 spiro atoms. The highest BCUT2D eigenvalue weighted by Gasteiger charge is 2.18. The number of carboxylic acids is 1. The van der Waals surface area contributed by atoms with Gasteiger partial charge in [0.25, 0.3) is 0 Å². The third kappa shape index (κ3) is 8.55. The zero-order valence-corrected chi connectivity index (χ0v) is 22.1. The number of para-hydroxylation sites is 2. The first-order valence-electron chi connectivity index (χ1n) is 12.5. The van der Waals surface area contributed by atoms with Crippen LogP contribution in [0.4, 0.5) is 4.39 Å². The Morgan fingerprint density at radius 3 is 2.21 bits per heavy atom. The molecule has 1 atom stereocenters. The van der Waals surface area contributed by atoms with Crippen molar-refractivity contribution in [2.24, 2.45) is 5.73 Å². The quantitative estimate of drug-likeness (QED) is 0.194. The lowest BCUT2D eigenvalue weighted by Gasteiger charge is -2.25. The van der Waals surface area contributed by atoms with E-state index in [0.29, 0.717) is 42.8 Å². The van der Waals surface area contributed by atoms with Crippen LogP contribution in [0.5, 0.6) is 17.2 Å². The van der Waals surface area contributed by atoms with Crippen LogP contribution in [-0.2, 0) is 24.5 Å². The van der Waals surface area contributed by atoms with Crippen LogP contribution < -0.4 is 15.2 Å². The van der Waals surface area contributed by atoms with Gasteiger partial charge in [-0.05, 0) is 48.4 Å². The third-order valence-electron chi connectivity index (χ3n) is 6.14. The van der Waals surface area contributed by atoms with Crippen molar-refractivity contribution in [1.29, 1.82) is 0 Å². The van der Waals surface area contributed by atoms with Crippen LogP contribution in [0.1, 0.15) is 23.1 Å². The van der Waals surface area contributed by atoms with E-state index in [1.807, 2.05) is 72.8 Å². The maximum Gasteiger partial charge on any atom is 0.320 e. The van der Waals surface area contributed by atoms with Crippen molar-refractivity contribution in [2.45, 2.75) is 32.2 Å². The summed E-state index contributed by atoms with van der Waals surface area (Å²) in [6.45, 7) is 1.73. The zero-order chi connectivity index (χ0) is 27.6. The van der Waals surface area contributed by atoms with Crippen LogP contribution in [0, 0.1) is 5.82 Å². The molecule has 0 saturated heterocycles. The predicted molar refractivity (Wildman–Crippen MR) is 149 cm³/mol. The molecule has 0 unspecified atom stereocenters. The molecule has 8 heteroatoms. The number of carboxylic acid groups (broad SMARTS) is 1. The summed E-state index contributed by atoms with van der Waals surface area (Å²) >= 11 is 6.00. The van der Waals surface area contributed by atoms with Gasteiger partial charge in [-0.1, -0.05) is 66.2 Å². The maximum absolute atomic E-state index is 13.7. The number of carbonyl (C=O) groups is 1. The second-order valence-corrected chi connectivity index (χ2v) is 9.57. The average Bonchev–Trinajstić information content (AvgIpc) is 2.93. The molecule has 0 aliphatic heterocycles. The average molecular weight is 549 g/mol. The van der Waals surface area contributed by atoms with Gasteiger partial charge in [-0.25, -0.2) is 4.39 Å². The summed E-state index contributed by atoms with van der Waals surface area (Å²) in [5.74, 6) is 0.274. The highest BCUT2D eigenvalue weighted by Crippen LogP contribution is 2.28. The van der Waals surface area contributed by atoms with Crippen molar-refractivity contribution < 1.29 is 23.8 Å². The Labute approximate surface area is 232 Å². The van der Waals surface area contributed by atoms with Gasteiger partial charge in [-0.3, -0.25) is 9.69 Å². The normalized spacial score (nSPS) is 11.8. The molecule has 0 heterocycles. The number of nitrogens with two attached hydrogens (primary N) is 1. The largest absolute Gasteiger partial charge is 0.489 e. The van der Waals surface area contributed by atoms with Crippen molar-refractivity contribution in [2.75, 3.05) is 6.54 Å². The van der Waals surface area contributed by atoms with Gasteiger partial charge in [0.1, 0.15) is 35.7 Å². The molecule has 6 nitrogen and oxygen atoms in total. The van der Waals surface area contributed by atoms with Gasteiger partial charge in [0, 0.05) is 41.9 Å². The molecule has 4 aromatic rings. The van der Waals surface area contributed by atoms with Crippen molar-refractivity contribution in [3.8, 4) is 17.2 Å². The number of hydrogen-bond donors (Lipinski definition) is 2. The van der Waals surface area contributed by atoms with E-state index in [0.717, 1.165) is 22.4 Å². The molecule has 0 aromatic heterocycles. The molecule has 202 valence electrons. The van der Waals surface area contributed by atoms with E-state index in [9.17, 15) is 14.3 Å². The fraction of sp³-hybridized carbons (Fsp3) is 0.194. The van der Waals surface area contributed by atoms with Gasteiger partial charge >= 0.3 is 5.97 Å². The van der Waals surface area contributed by atoms with Gasteiger partial charge in [0.15, 0.2) is 0 Å². The summed E-state index contributed by atoms with van der Waals surface area (Å²) in [4.78, 5) is 13.5. The molecule has 39 heavy (non-hydrogen) atoms. The number of nitrogens with zero attached hydrogens (tertiary/aromatic N) is 1. The first-order valence-corrected chi connectivity index (χ1v) is 12.9. The predicted octanol–water partition coefficient (Wildman–Crippen LogP) is 6.65. The smallest absolute Gasteiger partial charge is 0.320 e. The van der Waals surface area contributed by atoms with E-state index >= 15 is 0 Å². The van der Waals surface area contributed by atoms with Crippen molar-refractivity contribution in [3.05, 3.63) is 125 Å². The molecule has 0 saturated carbocycles. The molecule has 0 amide bonds. The summed E-state index contributed by atoms with van der Waals surface area (Å²) in [5.41, 5.74) is 8.63. The molecule has 0 aliphatic rings. The standard InChI is InChI=1S/C31H30ClFN2O4/c32-25-14-12-22(13-15-25)21-38-29-10-3-1-6-23(29)19-35(17-16-28(34)31(36)37)20-24-7-2-4-11-30(24)39-27-9-5-8-26(33)18-27/h1-15,18,28H,16-17,19-21,34H2,(H,36,37)/t28-/m0/s1. The minimum atomic E-state index is -1.04. The van der Waals surface area contributed by atoms with Crippen molar-refractivity contribution >= 4 is 17.6 Å². The second-order valence-electron chi connectivity index (χ2n) is 9.13. The SMILES string of the molecule is N[C@@H](CCN(Cc1ccccc1OCc1ccc(Cl)cc1)Cc1ccccc1Oc1cccc(F)c1)C(=O)O. The van der Waals surface area contributed by atoms with Gasteiger partial charge in [0.05, 0.1) is 0 Å². The Morgan fingerprint density at radius 2 is 1.54 bits per heavy atom. The van der Waals surface area contributed by atoms with Gasteiger partial charge in [0.2, 0.25) is 0 Å². The van der Waals surface area contributed by atoms with Crippen molar-refractivity contribution in [1.82, 2.24) is 4.90 Å². The van der Waals surface area contributed by atoms with E-state index in [4.69, 9.17) is 26.8 Å². The van der Waals surface area contributed by atoms with Gasteiger partial charge in [-0.2, -0.15) is 0 Å². The first-order chi connectivity index (χ1) is 18.9. The van der Waals surface area contributed by atoms with E-state index in [1.54, 1.807) is 12.1 Å². The van der Waals surface area contributed by atoms with E-state index in [-0.39, 0.29) is 12.2 Å². The van der Waals surface area contributed by atoms with Crippen LogP contribution in [0.3, 0.4) is 0 Å². The summed E-state index contributed by atoms with van der Waals surface area (Å²) in [7, 11) is 0. The Balaban J connectivity index is 1.54. The zero-order valence-electron chi connectivity index (χ0n) is 21.3. The van der Waals surface area contributed by atoms with Gasteiger partial charge < -0.3 is 20.3 Å². The Hall–Kier alpha value is -3.91. The van der Waals surface area contributed by atoms with Crippen LogP contribution in [0.2, 0.25) is 5.02 Å². The second kappa shape index (κ2) is 13.8.